The molecule has 8 heteroatoms. The second-order valence-electron chi connectivity index (χ2n) is 8.49. The van der Waals surface area contributed by atoms with Gasteiger partial charge in [-0.15, -0.1) is 0 Å². The lowest BCUT2D eigenvalue weighted by molar-refractivity contribution is -0.147. The van der Waals surface area contributed by atoms with Crippen LogP contribution in [0.25, 0.3) is 0 Å². The molecular weight excluding hydrogens is 526 g/mol. The summed E-state index contributed by atoms with van der Waals surface area (Å²) in [5, 5.41) is 0. The normalized spacial score (nSPS) is 15.9. The van der Waals surface area contributed by atoms with Crippen molar-refractivity contribution in [2.45, 2.75) is 19.4 Å². The first kappa shape index (κ1) is 25.3. The molecule has 36 heavy (non-hydrogen) atoms. The number of carbonyl (C=O) groups excluding carboxylic acids is 4. The molecule has 0 spiro atoms. The molecule has 1 aliphatic rings. The number of Topliss-reactive ketones (excluding diaryl/α,β-unsaturated/α-hetero) is 1. The molecule has 2 unspecified atom stereocenters. The monoisotopic (exact) mass is 549 g/mol. The van der Waals surface area contributed by atoms with Crippen LogP contribution in [-0.2, 0) is 14.3 Å². The summed E-state index contributed by atoms with van der Waals surface area (Å²) < 4.78 is 11.4. The lowest BCUT2D eigenvalue weighted by Gasteiger charge is -2.25. The molecule has 184 valence electrons. The van der Waals surface area contributed by atoms with E-state index in [4.69, 9.17) is 9.47 Å². The van der Waals surface area contributed by atoms with Gasteiger partial charge in [-0.3, -0.25) is 14.4 Å². The summed E-state index contributed by atoms with van der Waals surface area (Å²) in [6, 6.07) is 22.2. The van der Waals surface area contributed by atoms with Gasteiger partial charge in [-0.2, -0.15) is 0 Å². The SMILES string of the molecule is CC(c1ccccc1)N1CC(C(=O)OCC(=O)c2ccc(OC(=O)c3ccc(Br)cc3)cc2)CC1=O. The van der Waals surface area contributed by atoms with E-state index in [2.05, 4.69) is 15.9 Å². The van der Waals surface area contributed by atoms with Gasteiger partial charge in [0.15, 0.2) is 12.4 Å². The molecular formula is C28H24BrNO6. The average molecular weight is 550 g/mol. The Bertz CT molecular complexity index is 1260. The van der Waals surface area contributed by atoms with Crippen molar-refractivity contribution in [1.82, 2.24) is 4.90 Å². The Morgan fingerprint density at radius 1 is 0.944 bits per heavy atom. The van der Waals surface area contributed by atoms with Gasteiger partial charge in [0.25, 0.3) is 0 Å². The number of halogens is 1. The maximum Gasteiger partial charge on any atom is 0.343 e. The third-order valence-corrected chi connectivity index (χ3v) is 6.58. The van der Waals surface area contributed by atoms with Crippen molar-refractivity contribution < 1.29 is 28.7 Å². The number of rotatable bonds is 8. The first-order valence-corrected chi connectivity index (χ1v) is 12.2. The molecule has 0 N–H and O–H groups in total. The number of carbonyl (C=O) groups is 4. The molecule has 1 saturated heterocycles. The van der Waals surface area contributed by atoms with Crippen LogP contribution in [-0.4, -0.2) is 41.7 Å². The van der Waals surface area contributed by atoms with E-state index in [-0.39, 0.29) is 30.7 Å². The van der Waals surface area contributed by atoms with Crippen LogP contribution >= 0.6 is 15.9 Å². The number of ether oxygens (including phenoxy) is 2. The molecule has 4 rings (SSSR count). The fourth-order valence-corrected chi connectivity index (χ4v) is 4.24. The Labute approximate surface area is 217 Å². The van der Waals surface area contributed by atoms with Gasteiger partial charge in [0, 0.05) is 23.0 Å². The van der Waals surface area contributed by atoms with E-state index in [1.165, 1.54) is 24.3 Å². The number of esters is 2. The minimum absolute atomic E-state index is 0.0582. The number of benzene rings is 3. The van der Waals surface area contributed by atoms with Crippen molar-refractivity contribution in [3.05, 3.63) is 100 Å². The molecule has 7 nitrogen and oxygen atoms in total. The zero-order chi connectivity index (χ0) is 25.7. The van der Waals surface area contributed by atoms with E-state index in [9.17, 15) is 19.2 Å². The van der Waals surface area contributed by atoms with E-state index >= 15 is 0 Å². The minimum Gasteiger partial charge on any atom is -0.457 e. The lowest BCUT2D eigenvalue weighted by Crippen LogP contribution is -2.30. The topological polar surface area (TPSA) is 90.0 Å². The van der Waals surface area contributed by atoms with Crippen molar-refractivity contribution in [3.63, 3.8) is 0 Å². The smallest absolute Gasteiger partial charge is 0.343 e. The van der Waals surface area contributed by atoms with Gasteiger partial charge in [-0.25, -0.2) is 4.79 Å². The third kappa shape index (κ3) is 6.07. The highest BCUT2D eigenvalue weighted by atomic mass is 79.9. The summed E-state index contributed by atoms with van der Waals surface area (Å²) in [6.07, 6.45) is 0.0582. The van der Waals surface area contributed by atoms with Crippen molar-refractivity contribution in [2.24, 2.45) is 5.92 Å². The average Bonchev–Trinajstić information content (AvgIpc) is 3.29. The molecule has 0 aliphatic carbocycles. The van der Waals surface area contributed by atoms with Crippen molar-refractivity contribution in [3.8, 4) is 5.75 Å². The second-order valence-corrected chi connectivity index (χ2v) is 9.40. The van der Waals surface area contributed by atoms with Gasteiger partial charge in [0.05, 0.1) is 17.5 Å². The van der Waals surface area contributed by atoms with Crippen LogP contribution in [0.5, 0.6) is 5.75 Å². The molecule has 1 aliphatic heterocycles. The zero-order valence-corrected chi connectivity index (χ0v) is 21.1. The van der Waals surface area contributed by atoms with E-state index in [0.29, 0.717) is 11.1 Å². The van der Waals surface area contributed by atoms with Crippen LogP contribution in [0.15, 0.2) is 83.3 Å². The second kappa shape index (κ2) is 11.3. The highest BCUT2D eigenvalue weighted by Gasteiger charge is 2.38. The van der Waals surface area contributed by atoms with Gasteiger partial charge in [0.1, 0.15) is 5.75 Å². The maximum atomic E-state index is 12.5. The first-order valence-electron chi connectivity index (χ1n) is 11.4. The Kier molecular flexibility index (Phi) is 7.95. The standard InChI is InChI=1S/C28H24BrNO6/c1-18(19-5-3-2-4-6-19)30-16-22(15-26(30)32)27(33)35-17-25(31)20-9-13-24(14-10-20)36-28(34)21-7-11-23(29)12-8-21/h2-14,18,22H,15-17H2,1H3. The predicted molar refractivity (Wildman–Crippen MR) is 136 cm³/mol. The minimum atomic E-state index is -0.614. The summed E-state index contributed by atoms with van der Waals surface area (Å²) in [5.74, 6) is -1.93. The largest absolute Gasteiger partial charge is 0.457 e. The number of hydrogen-bond acceptors (Lipinski definition) is 6. The highest BCUT2D eigenvalue weighted by Crippen LogP contribution is 2.29. The maximum absolute atomic E-state index is 12.5. The Morgan fingerprint density at radius 3 is 2.25 bits per heavy atom. The first-order chi connectivity index (χ1) is 17.3. The number of amides is 1. The van der Waals surface area contributed by atoms with Gasteiger partial charge in [0.2, 0.25) is 5.91 Å². The van der Waals surface area contributed by atoms with Gasteiger partial charge in [-0.05, 0) is 61.0 Å². The van der Waals surface area contributed by atoms with Crippen LogP contribution in [0.2, 0.25) is 0 Å². The van der Waals surface area contributed by atoms with E-state index in [1.54, 1.807) is 29.2 Å². The summed E-state index contributed by atoms with van der Waals surface area (Å²) in [5.41, 5.74) is 1.70. The third-order valence-electron chi connectivity index (χ3n) is 6.05. The molecule has 3 aromatic rings. The van der Waals surface area contributed by atoms with Gasteiger partial charge >= 0.3 is 11.9 Å². The zero-order valence-electron chi connectivity index (χ0n) is 19.6. The van der Waals surface area contributed by atoms with Crippen LogP contribution < -0.4 is 4.74 Å². The van der Waals surface area contributed by atoms with Crippen LogP contribution in [0.1, 0.15) is 45.7 Å². The summed E-state index contributed by atoms with van der Waals surface area (Å²) >= 11 is 3.31. The molecule has 1 heterocycles. The molecule has 0 saturated carbocycles. The number of likely N-dealkylation sites (tertiary alicyclic amines) is 1. The van der Waals surface area contributed by atoms with E-state index in [0.717, 1.165) is 10.0 Å². The Morgan fingerprint density at radius 2 is 1.58 bits per heavy atom. The lowest BCUT2D eigenvalue weighted by atomic mass is 10.1. The molecule has 0 aromatic heterocycles. The van der Waals surface area contributed by atoms with Crippen molar-refractivity contribution >= 4 is 39.6 Å². The van der Waals surface area contributed by atoms with E-state index < -0.39 is 30.2 Å². The number of hydrogen-bond donors (Lipinski definition) is 0. The summed E-state index contributed by atoms with van der Waals surface area (Å²) in [4.78, 5) is 51.4. The molecule has 3 aromatic carbocycles. The molecule has 2 atom stereocenters. The Hall–Kier alpha value is -3.78. The van der Waals surface area contributed by atoms with Crippen molar-refractivity contribution in [1.29, 1.82) is 0 Å². The van der Waals surface area contributed by atoms with Crippen LogP contribution in [0.4, 0.5) is 0 Å². The molecule has 1 amide bonds. The summed E-state index contributed by atoms with van der Waals surface area (Å²) in [7, 11) is 0. The van der Waals surface area contributed by atoms with Crippen LogP contribution in [0, 0.1) is 5.92 Å². The van der Waals surface area contributed by atoms with Gasteiger partial charge in [-0.1, -0.05) is 46.3 Å². The fourth-order valence-electron chi connectivity index (χ4n) is 3.97. The van der Waals surface area contributed by atoms with E-state index in [1.807, 2.05) is 37.3 Å². The predicted octanol–water partition coefficient (Wildman–Crippen LogP) is 5.00. The molecule has 0 bridgehead atoms. The Balaban J connectivity index is 1.28. The van der Waals surface area contributed by atoms with Gasteiger partial charge < -0.3 is 14.4 Å². The molecule has 0 radical (unpaired) electrons. The highest BCUT2D eigenvalue weighted by molar-refractivity contribution is 9.10. The quantitative estimate of drug-likeness (QED) is 0.223. The van der Waals surface area contributed by atoms with Crippen LogP contribution in [0.3, 0.4) is 0 Å². The molecule has 1 fully saturated rings. The summed E-state index contributed by atoms with van der Waals surface area (Å²) in [6.45, 7) is 1.74. The van der Waals surface area contributed by atoms with Crippen molar-refractivity contribution in [2.75, 3.05) is 13.2 Å². The fraction of sp³-hybridized carbons (Fsp3) is 0.214. The number of ketones is 1. The number of nitrogens with zero attached hydrogens (tertiary/aromatic N) is 1.